The molecule has 8 heteroatoms. The average molecular weight is 419 g/mol. The molecular weight excluding hydrogens is 402 g/mol. The lowest BCUT2D eigenvalue weighted by Gasteiger charge is -2.11. The van der Waals surface area contributed by atoms with Crippen molar-refractivity contribution in [3.8, 4) is 0 Å². The van der Waals surface area contributed by atoms with Crippen molar-refractivity contribution in [1.29, 1.82) is 0 Å². The van der Waals surface area contributed by atoms with Crippen LogP contribution in [0.4, 0.5) is 14.5 Å². The summed E-state index contributed by atoms with van der Waals surface area (Å²) in [6, 6.07) is 9.48. The fourth-order valence-electron chi connectivity index (χ4n) is 3.14. The molecule has 5 nitrogen and oxygen atoms in total. The van der Waals surface area contributed by atoms with Gasteiger partial charge >= 0.3 is 0 Å². The van der Waals surface area contributed by atoms with Crippen LogP contribution in [0.15, 0.2) is 51.9 Å². The molecule has 0 radical (unpaired) electrons. The van der Waals surface area contributed by atoms with Gasteiger partial charge in [0.1, 0.15) is 22.7 Å². The van der Waals surface area contributed by atoms with Gasteiger partial charge in [0.25, 0.3) is 5.91 Å². The number of benzene rings is 2. The SMILES string of the molecule is O=C(NC[C@@H]1CCCO1)c1cc2cc(Cl)ccc2oc1=Nc1ccc(F)cc1F. The summed E-state index contributed by atoms with van der Waals surface area (Å²) in [7, 11) is 0. The fraction of sp³-hybridized carbons (Fsp3) is 0.238. The molecular formula is C21H17ClF2N2O3. The van der Waals surface area contributed by atoms with Crippen molar-refractivity contribution in [2.75, 3.05) is 13.2 Å². The molecule has 0 aliphatic carbocycles. The molecule has 0 bridgehead atoms. The maximum atomic E-state index is 14.1. The van der Waals surface area contributed by atoms with E-state index in [1.54, 1.807) is 24.3 Å². The number of rotatable bonds is 4. The maximum Gasteiger partial charge on any atom is 0.256 e. The molecule has 1 saturated heterocycles. The van der Waals surface area contributed by atoms with E-state index in [4.69, 9.17) is 20.8 Å². The number of ether oxygens (including phenoxy) is 1. The van der Waals surface area contributed by atoms with Gasteiger partial charge in [-0.1, -0.05) is 11.6 Å². The molecule has 3 aromatic rings. The van der Waals surface area contributed by atoms with Crippen molar-refractivity contribution < 1.29 is 22.7 Å². The van der Waals surface area contributed by atoms with Crippen molar-refractivity contribution >= 4 is 34.2 Å². The Kier molecular flexibility index (Phi) is 5.60. The van der Waals surface area contributed by atoms with Crippen LogP contribution in [0.1, 0.15) is 23.2 Å². The number of nitrogens with zero attached hydrogens (tertiary/aromatic N) is 1. The number of nitrogens with one attached hydrogen (secondary N) is 1. The molecule has 2 heterocycles. The first-order valence-corrected chi connectivity index (χ1v) is 9.50. The third-order valence-electron chi connectivity index (χ3n) is 4.60. The van der Waals surface area contributed by atoms with Crippen molar-refractivity contribution in [1.82, 2.24) is 5.32 Å². The number of halogens is 3. The Balaban J connectivity index is 1.78. The van der Waals surface area contributed by atoms with E-state index in [1.165, 1.54) is 6.07 Å². The average Bonchev–Trinajstić information content (AvgIpc) is 3.21. The second kappa shape index (κ2) is 8.31. The van der Waals surface area contributed by atoms with E-state index in [2.05, 4.69) is 10.3 Å². The lowest BCUT2D eigenvalue weighted by molar-refractivity contribution is 0.0854. The van der Waals surface area contributed by atoms with E-state index < -0.39 is 17.5 Å². The Morgan fingerprint density at radius 1 is 1.21 bits per heavy atom. The minimum atomic E-state index is -0.859. The standard InChI is InChI=1S/C21H17ClF2N2O3/c22-13-3-6-19-12(8-13)9-16(20(27)25-11-15-2-1-7-28-15)21(29-19)26-18-5-4-14(23)10-17(18)24/h3-6,8-10,15H,1-2,7,11H2,(H,25,27)/t15-/m0/s1. The van der Waals surface area contributed by atoms with Gasteiger partial charge in [-0.25, -0.2) is 13.8 Å². The Bertz CT molecular complexity index is 1140. The number of hydrogen-bond donors (Lipinski definition) is 1. The first kappa shape index (κ1) is 19.5. The minimum absolute atomic E-state index is 0.0410. The molecule has 2 aromatic carbocycles. The summed E-state index contributed by atoms with van der Waals surface area (Å²) < 4.78 is 38.5. The van der Waals surface area contributed by atoms with Gasteiger partial charge in [0, 0.05) is 29.6 Å². The summed E-state index contributed by atoms with van der Waals surface area (Å²) >= 11 is 6.04. The van der Waals surface area contributed by atoms with Gasteiger partial charge in [0.2, 0.25) is 5.55 Å². The highest BCUT2D eigenvalue weighted by molar-refractivity contribution is 6.31. The zero-order chi connectivity index (χ0) is 20.4. The molecule has 1 atom stereocenters. The van der Waals surface area contributed by atoms with Gasteiger partial charge in [0.15, 0.2) is 5.82 Å². The van der Waals surface area contributed by atoms with E-state index in [9.17, 15) is 13.6 Å². The quantitative estimate of drug-likeness (QED) is 0.678. The molecule has 0 spiro atoms. The molecule has 29 heavy (non-hydrogen) atoms. The lowest BCUT2D eigenvalue weighted by Crippen LogP contribution is -2.34. The van der Waals surface area contributed by atoms with E-state index in [0.29, 0.717) is 29.1 Å². The van der Waals surface area contributed by atoms with Gasteiger partial charge in [-0.15, -0.1) is 0 Å². The van der Waals surface area contributed by atoms with Crippen LogP contribution in [0.25, 0.3) is 11.0 Å². The number of amides is 1. The van der Waals surface area contributed by atoms with Crippen LogP contribution in [0.3, 0.4) is 0 Å². The van der Waals surface area contributed by atoms with Crippen LogP contribution in [0, 0.1) is 11.6 Å². The summed E-state index contributed by atoms with van der Waals surface area (Å²) in [5, 5.41) is 3.87. The van der Waals surface area contributed by atoms with E-state index in [-0.39, 0.29) is 22.9 Å². The summed E-state index contributed by atoms with van der Waals surface area (Å²) in [6.45, 7) is 1.02. The van der Waals surface area contributed by atoms with Crippen LogP contribution in [-0.2, 0) is 4.74 Å². The Morgan fingerprint density at radius 3 is 2.83 bits per heavy atom. The van der Waals surface area contributed by atoms with Crippen molar-refractivity contribution in [2.24, 2.45) is 4.99 Å². The number of carbonyl (C=O) groups excluding carboxylic acids is 1. The molecule has 0 unspecified atom stereocenters. The zero-order valence-electron chi connectivity index (χ0n) is 15.3. The predicted molar refractivity (Wildman–Crippen MR) is 104 cm³/mol. The smallest absolute Gasteiger partial charge is 0.256 e. The predicted octanol–water partition coefficient (Wildman–Crippen LogP) is 4.51. The summed E-state index contributed by atoms with van der Waals surface area (Å²) in [4.78, 5) is 16.9. The Hall–Kier alpha value is -2.77. The van der Waals surface area contributed by atoms with Crippen LogP contribution in [0.5, 0.6) is 0 Å². The van der Waals surface area contributed by atoms with Crippen LogP contribution >= 0.6 is 11.6 Å². The number of carbonyl (C=O) groups is 1. The highest BCUT2D eigenvalue weighted by atomic mass is 35.5. The van der Waals surface area contributed by atoms with Gasteiger partial charge in [-0.05, 0) is 49.2 Å². The van der Waals surface area contributed by atoms with Crippen LogP contribution in [0.2, 0.25) is 5.02 Å². The number of hydrogen-bond acceptors (Lipinski definition) is 4. The number of fused-ring (bicyclic) bond motifs is 1. The van der Waals surface area contributed by atoms with E-state index in [1.807, 2.05) is 0 Å². The summed E-state index contributed by atoms with van der Waals surface area (Å²) in [5.41, 5.74) is 0.305. The zero-order valence-corrected chi connectivity index (χ0v) is 16.0. The van der Waals surface area contributed by atoms with Gasteiger partial charge in [-0.2, -0.15) is 0 Å². The third kappa shape index (κ3) is 4.46. The molecule has 1 amide bonds. The molecule has 1 aliphatic heterocycles. The summed E-state index contributed by atoms with van der Waals surface area (Å²) in [6.07, 6.45) is 1.78. The lowest BCUT2D eigenvalue weighted by atomic mass is 10.1. The van der Waals surface area contributed by atoms with Gasteiger partial charge < -0.3 is 14.5 Å². The van der Waals surface area contributed by atoms with Crippen molar-refractivity contribution in [2.45, 2.75) is 18.9 Å². The Labute approximate surface area is 170 Å². The second-order valence-corrected chi connectivity index (χ2v) is 7.14. The monoisotopic (exact) mass is 418 g/mol. The molecule has 0 saturated carbocycles. The Morgan fingerprint density at radius 2 is 2.07 bits per heavy atom. The van der Waals surface area contributed by atoms with Crippen molar-refractivity contribution in [3.05, 3.63) is 70.2 Å². The van der Waals surface area contributed by atoms with Gasteiger partial charge in [0.05, 0.1) is 6.10 Å². The largest absolute Gasteiger partial charge is 0.438 e. The topological polar surface area (TPSA) is 63.8 Å². The molecule has 1 aromatic heterocycles. The minimum Gasteiger partial charge on any atom is -0.438 e. The van der Waals surface area contributed by atoms with E-state index in [0.717, 1.165) is 25.0 Å². The van der Waals surface area contributed by atoms with Gasteiger partial charge in [-0.3, -0.25) is 4.79 Å². The molecule has 1 N–H and O–H groups in total. The first-order valence-electron chi connectivity index (χ1n) is 9.12. The first-order chi connectivity index (χ1) is 14.0. The molecule has 1 aliphatic rings. The summed E-state index contributed by atoms with van der Waals surface area (Å²) in [5.74, 6) is -2.02. The molecule has 150 valence electrons. The third-order valence-corrected chi connectivity index (χ3v) is 4.83. The van der Waals surface area contributed by atoms with Crippen LogP contribution in [-0.4, -0.2) is 25.2 Å². The fourth-order valence-corrected chi connectivity index (χ4v) is 3.32. The van der Waals surface area contributed by atoms with Crippen molar-refractivity contribution in [3.63, 3.8) is 0 Å². The highest BCUT2D eigenvalue weighted by Gasteiger charge is 2.19. The molecule has 1 fully saturated rings. The second-order valence-electron chi connectivity index (χ2n) is 6.70. The van der Waals surface area contributed by atoms with Crippen LogP contribution < -0.4 is 10.9 Å². The van der Waals surface area contributed by atoms with E-state index >= 15 is 0 Å². The highest BCUT2D eigenvalue weighted by Crippen LogP contribution is 2.21. The maximum absolute atomic E-state index is 14.1. The molecule has 4 rings (SSSR count). The normalized spacial score (nSPS) is 17.1.